The SMILES string of the molecule is O=C([C@H](O)c1cccc(-c2cccc(OCc3ccccc3)c2)c1)N1CCCc2nc(C3(c4cccc(Cl)c4)CC3)[nH]c(=O)c2C1. The van der Waals surface area contributed by atoms with Gasteiger partial charge in [0, 0.05) is 11.6 Å². The van der Waals surface area contributed by atoms with Gasteiger partial charge in [-0.05, 0) is 83.8 Å². The number of rotatable bonds is 8. The molecular weight excluding hydrogens is 598 g/mol. The lowest BCUT2D eigenvalue weighted by atomic mass is 9.94. The van der Waals surface area contributed by atoms with Gasteiger partial charge in [-0.3, -0.25) is 9.59 Å². The molecule has 0 radical (unpaired) electrons. The Hall–Kier alpha value is -4.72. The van der Waals surface area contributed by atoms with Gasteiger partial charge < -0.3 is 19.7 Å². The van der Waals surface area contributed by atoms with Gasteiger partial charge >= 0.3 is 0 Å². The van der Waals surface area contributed by atoms with Crippen molar-refractivity contribution in [1.82, 2.24) is 14.9 Å². The maximum Gasteiger partial charge on any atom is 0.256 e. The molecule has 8 heteroatoms. The van der Waals surface area contributed by atoms with E-state index < -0.39 is 12.0 Å². The molecule has 0 saturated heterocycles. The standard InChI is InChI=1S/C38H34ClN3O4/c39-30-14-6-13-29(22-30)38(17-18-38)37-40-33-16-7-19-42(23-32(33)35(44)41-37)36(45)34(43)28-12-4-10-26(20-28)27-11-5-15-31(21-27)46-24-25-8-2-1-3-9-25/h1-6,8-15,20-22,34,43H,7,16-19,23-24H2,(H,40,41,44)/t34-/m1/s1. The van der Waals surface area contributed by atoms with Crippen molar-refractivity contribution in [1.29, 1.82) is 0 Å². The Balaban J connectivity index is 1.08. The van der Waals surface area contributed by atoms with E-state index in [1.54, 1.807) is 11.0 Å². The van der Waals surface area contributed by atoms with Crippen molar-refractivity contribution in [2.45, 2.75) is 50.4 Å². The van der Waals surface area contributed by atoms with Crippen molar-refractivity contribution < 1.29 is 14.6 Å². The Bertz CT molecular complexity index is 1950. The summed E-state index contributed by atoms with van der Waals surface area (Å²) in [6, 6.07) is 32.8. The number of aryl methyl sites for hydroxylation is 1. The van der Waals surface area contributed by atoms with Crippen LogP contribution in [0.5, 0.6) is 5.75 Å². The van der Waals surface area contributed by atoms with E-state index in [0.29, 0.717) is 53.7 Å². The second kappa shape index (κ2) is 12.6. The molecule has 0 unspecified atom stereocenters. The molecule has 1 aliphatic carbocycles. The number of aliphatic hydroxyl groups is 1. The van der Waals surface area contributed by atoms with Gasteiger partial charge in [-0.15, -0.1) is 0 Å². The third kappa shape index (κ3) is 6.08. The van der Waals surface area contributed by atoms with Crippen LogP contribution in [-0.2, 0) is 29.8 Å². The predicted molar refractivity (Wildman–Crippen MR) is 178 cm³/mol. The third-order valence-corrected chi connectivity index (χ3v) is 9.27. The van der Waals surface area contributed by atoms with Crippen LogP contribution >= 0.6 is 11.6 Å². The number of aromatic nitrogens is 2. The topological polar surface area (TPSA) is 95.5 Å². The zero-order valence-corrected chi connectivity index (χ0v) is 26.0. The van der Waals surface area contributed by atoms with Gasteiger partial charge in [-0.25, -0.2) is 4.98 Å². The number of halogens is 1. The second-order valence-electron chi connectivity index (χ2n) is 12.1. The molecule has 46 heavy (non-hydrogen) atoms. The van der Waals surface area contributed by atoms with Gasteiger partial charge in [0.05, 0.1) is 23.2 Å². The third-order valence-electron chi connectivity index (χ3n) is 9.04. The molecule has 1 saturated carbocycles. The van der Waals surface area contributed by atoms with E-state index in [0.717, 1.165) is 40.8 Å². The average Bonchev–Trinajstić information content (AvgIpc) is 3.92. The van der Waals surface area contributed by atoms with Crippen LogP contribution < -0.4 is 10.3 Å². The second-order valence-corrected chi connectivity index (χ2v) is 12.6. The molecular formula is C38H34ClN3O4. The van der Waals surface area contributed by atoms with E-state index in [1.165, 1.54) is 0 Å². The van der Waals surface area contributed by atoms with E-state index in [1.807, 2.05) is 97.1 Å². The van der Waals surface area contributed by atoms with Crippen LogP contribution in [0, 0.1) is 0 Å². The Labute approximate surface area is 272 Å². The van der Waals surface area contributed by atoms with Crippen LogP contribution in [0.2, 0.25) is 5.02 Å². The van der Waals surface area contributed by atoms with Crippen molar-refractivity contribution in [3.05, 3.63) is 152 Å². The van der Waals surface area contributed by atoms with Gasteiger partial charge in [-0.2, -0.15) is 0 Å². The Morgan fingerprint density at radius 3 is 2.50 bits per heavy atom. The number of carbonyl (C=O) groups is 1. The fourth-order valence-corrected chi connectivity index (χ4v) is 6.51. The van der Waals surface area contributed by atoms with Gasteiger partial charge in [0.15, 0.2) is 6.10 Å². The highest BCUT2D eigenvalue weighted by molar-refractivity contribution is 6.30. The molecule has 7 rings (SSSR count). The molecule has 2 N–H and O–H groups in total. The summed E-state index contributed by atoms with van der Waals surface area (Å²) in [6.07, 6.45) is 1.62. The van der Waals surface area contributed by atoms with Crippen molar-refractivity contribution in [2.75, 3.05) is 6.54 Å². The van der Waals surface area contributed by atoms with Crippen LogP contribution in [0.15, 0.2) is 108 Å². The van der Waals surface area contributed by atoms with Crippen LogP contribution in [0.1, 0.15) is 59.1 Å². The van der Waals surface area contributed by atoms with Crippen molar-refractivity contribution in [2.24, 2.45) is 0 Å². The summed E-state index contributed by atoms with van der Waals surface area (Å²) in [5, 5.41) is 11.9. The highest BCUT2D eigenvalue weighted by Gasteiger charge is 2.48. The maximum atomic E-state index is 13.7. The average molecular weight is 632 g/mol. The molecule has 1 fully saturated rings. The number of amides is 1. The molecule has 2 heterocycles. The summed E-state index contributed by atoms with van der Waals surface area (Å²) in [5.74, 6) is 0.949. The normalized spacial score (nSPS) is 15.8. The first kappa shape index (κ1) is 30.0. The Morgan fingerprint density at radius 2 is 1.72 bits per heavy atom. The number of aliphatic hydroxyl groups excluding tert-OH is 1. The smallest absolute Gasteiger partial charge is 0.256 e. The number of fused-ring (bicyclic) bond motifs is 1. The summed E-state index contributed by atoms with van der Waals surface area (Å²) in [6.45, 7) is 0.971. The summed E-state index contributed by atoms with van der Waals surface area (Å²) in [7, 11) is 0. The zero-order valence-electron chi connectivity index (χ0n) is 25.3. The van der Waals surface area contributed by atoms with Gasteiger partial charge in [0.2, 0.25) is 0 Å². The predicted octanol–water partition coefficient (Wildman–Crippen LogP) is 6.76. The molecule has 1 aliphatic heterocycles. The zero-order chi connectivity index (χ0) is 31.7. The van der Waals surface area contributed by atoms with Gasteiger partial charge in [0.1, 0.15) is 18.2 Å². The number of aromatic amines is 1. The minimum atomic E-state index is -1.37. The number of nitrogens with zero attached hydrogens (tertiary/aromatic N) is 2. The first-order chi connectivity index (χ1) is 22.4. The van der Waals surface area contributed by atoms with E-state index >= 15 is 0 Å². The van der Waals surface area contributed by atoms with E-state index in [-0.39, 0.29) is 17.5 Å². The van der Waals surface area contributed by atoms with Crippen molar-refractivity contribution in [3.63, 3.8) is 0 Å². The summed E-state index contributed by atoms with van der Waals surface area (Å²) >= 11 is 6.27. The number of ether oxygens (including phenoxy) is 1. The monoisotopic (exact) mass is 631 g/mol. The summed E-state index contributed by atoms with van der Waals surface area (Å²) in [4.78, 5) is 36.6. The lowest BCUT2D eigenvalue weighted by molar-refractivity contribution is -0.141. The Kier molecular flexibility index (Phi) is 8.20. The summed E-state index contributed by atoms with van der Waals surface area (Å²) < 4.78 is 6.01. The Morgan fingerprint density at radius 1 is 0.957 bits per heavy atom. The molecule has 2 aliphatic rings. The van der Waals surface area contributed by atoms with Crippen LogP contribution in [-0.4, -0.2) is 32.4 Å². The van der Waals surface area contributed by atoms with Gasteiger partial charge in [0.25, 0.3) is 11.5 Å². The largest absolute Gasteiger partial charge is 0.489 e. The van der Waals surface area contributed by atoms with Crippen LogP contribution in [0.25, 0.3) is 11.1 Å². The first-order valence-corrected chi connectivity index (χ1v) is 16.0. The quantitative estimate of drug-likeness (QED) is 0.197. The van der Waals surface area contributed by atoms with Crippen LogP contribution in [0.4, 0.5) is 0 Å². The lowest BCUT2D eigenvalue weighted by Crippen LogP contribution is -2.36. The minimum Gasteiger partial charge on any atom is -0.489 e. The van der Waals surface area contributed by atoms with Crippen molar-refractivity contribution >= 4 is 17.5 Å². The molecule has 1 aromatic heterocycles. The molecule has 232 valence electrons. The fourth-order valence-electron chi connectivity index (χ4n) is 6.32. The molecule has 0 spiro atoms. The van der Waals surface area contributed by atoms with Gasteiger partial charge in [-0.1, -0.05) is 84.4 Å². The number of H-pyrrole nitrogens is 1. The summed E-state index contributed by atoms with van der Waals surface area (Å²) in [5.41, 5.74) is 5.00. The number of hydrogen-bond donors (Lipinski definition) is 2. The molecule has 1 atom stereocenters. The minimum absolute atomic E-state index is 0.0957. The molecule has 0 bridgehead atoms. The number of hydrogen-bond acceptors (Lipinski definition) is 5. The highest BCUT2D eigenvalue weighted by Crippen LogP contribution is 2.52. The number of nitrogens with one attached hydrogen (secondary N) is 1. The van der Waals surface area contributed by atoms with Crippen molar-refractivity contribution in [3.8, 4) is 16.9 Å². The molecule has 1 amide bonds. The fraction of sp³-hybridized carbons (Fsp3) is 0.237. The van der Waals surface area contributed by atoms with E-state index in [4.69, 9.17) is 21.3 Å². The van der Waals surface area contributed by atoms with Crippen LogP contribution in [0.3, 0.4) is 0 Å². The first-order valence-electron chi connectivity index (χ1n) is 15.6. The van der Waals surface area contributed by atoms with E-state index in [2.05, 4.69) is 4.98 Å². The lowest BCUT2D eigenvalue weighted by Gasteiger charge is -2.24. The highest BCUT2D eigenvalue weighted by atomic mass is 35.5. The molecule has 4 aromatic carbocycles. The number of carbonyl (C=O) groups excluding carboxylic acids is 1. The van der Waals surface area contributed by atoms with E-state index in [9.17, 15) is 14.7 Å². The molecule has 5 aromatic rings. The maximum absolute atomic E-state index is 13.7. The molecule has 7 nitrogen and oxygen atoms in total. The number of benzene rings is 4.